The fraction of sp³-hybridized carbons (Fsp3) is 0.0833. The van der Waals surface area contributed by atoms with Crippen LogP contribution in [-0.2, 0) is 6.42 Å². The minimum Gasteiger partial charge on any atom is -0.298 e. The van der Waals surface area contributed by atoms with Gasteiger partial charge >= 0.3 is 0 Å². The minimum absolute atomic E-state index is 0.0146. The number of hydrogen-bond acceptors (Lipinski definition) is 2. The van der Waals surface area contributed by atoms with E-state index in [4.69, 9.17) is 0 Å². The monoisotopic (exact) mass is 428 g/mol. The van der Waals surface area contributed by atoms with Crippen molar-refractivity contribution in [2.24, 2.45) is 0 Å². The third kappa shape index (κ3) is 2.81. The molecule has 0 radical (unpaired) electrons. The lowest BCUT2D eigenvalue weighted by Gasteiger charge is -2.37. The molecule has 4 heteroatoms. The van der Waals surface area contributed by atoms with Gasteiger partial charge in [-0.15, -0.1) is 0 Å². The molecule has 3 aromatic carbocycles. The highest BCUT2D eigenvalue weighted by atomic mass is 79.9. The van der Waals surface area contributed by atoms with E-state index in [2.05, 4.69) is 39.1 Å². The fourth-order valence-electron chi connectivity index (χ4n) is 4.01. The number of aromatic nitrogens is 1. The highest BCUT2D eigenvalue weighted by Gasteiger charge is 2.35. The van der Waals surface area contributed by atoms with Crippen LogP contribution in [-0.4, -0.2) is 10.9 Å². The van der Waals surface area contributed by atoms with E-state index in [0.717, 1.165) is 44.2 Å². The maximum absolute atomic E-state index is 13.6. The van der Waals surface area contributed by atoms with Crippen LogP contribution in [0.4, 0.5) is 5.69 Å². The van der Waals surface area contributed by atoms with Gasteiger partial charge in [0.25, 0.3) is 5.91 Å². The number of benzene rings is 3. The lowest BCUT2D eigenvalue weighted by Crippen LogP contribution is -2.40. The summed E-state index contributed by atoms with van der Waals surface area (Å²) in [4.78, 5) is 20.1. The Morgan fingerprint density at radius 3 is 2.61 bits per heavy atom. The zero-order valence-corrected chi connectivity index (χ0v) is 16.6. The summed E-state index contributed by atoms with van der Waals surface area (Å²) >= 11 is 3.54. The zero-order chi connectivity index (χ0) is 19.1. The molecule has 1 aliphatic rings. The van der Waals surface area contributed by atoms with E-state index in [1.165, 1.54) is 0 Å². The van der Waals surface area contributed by atoms with Crippen molar-refractivity contribution in [2.75, 3.05) is 4.90 Å². The van der Waals surface area contributed by atoms with Gasteiger partial charge in [0.1, 0.15) is 0 Å². The summed E-state index contributed by atoms with van der Waals surface area (Å²) in [6.45, 7) is 0. The molecule has 3 nitrogen and oxygen atoms in total. The average molecular weight is 429 g/mol. The summed E-state index contributed by atoms with van der Waals surface area (Å²) in [5.41, 5.74) is 4.64. The third-order valence-electron chi connectivity index (χ3n) is 5.30. The van der Waals surface area contributed by atoms with Crippen molar-refractivity contribution in [3.63, 3.8) is 0 Å². The van der Waals surface area contributed by atoms with Gasteiger partial charge in [0.2, 0.25) is 0 Å². The minimum atomic E-state index is -0.0805. The predicted octanol–water partition coefficient (Wildman–Crippen LogP) is 5.94. The Kier molecular flexibility index (Phi) is 4.21. The molecule has 2 heterocycles. The van der Waals surface area contributed by atoms with Gasteiger partial charge in [-0.1, -0.05) is 64.5 Å². The van der Waals surface area contributed by atoms with Crippen LogP contribution in [0.1, 0.15) is 27.5 Å². The Balaban J connectivity index is 1.75. The van der Waals surface area contributed by atoms with E-state index in [1.54, 1.807) is 6.20 Å². The number of anilines is 1. The van der Waals surface area contributed by atoms with Gasteiger partial charge in [-0.25, -0.2) is 0 Å². The van der Waals surface area contributed by atoms with Crippen molar-refractivity contribution in [3.8, 4) is 0 Å². The number of carbonyl (C=O) groups is 1. The molecule has 1 amide bonds. The van der Waals surface area contributed by atoms with E-state index < -0.39 is 0 Å². The maximum atomic E-state index is 13.6. The van der Waals surface area contributed by atoms with E-state index in [-0.39, 0.29) is 11.9 Å². The molecule has 1 atom stereocenters. The number of rotatable bonds is 2. The number of halogens is 1. The number of amides is 1. The number of fused-ring (bicyclic) bond motifs is 2. The third-order valence-corrected chi connectivity index (χ3v) is 5.79. The first-order valence-electron chi connectivity index (χ1n) is 9.23. The number of pyridine rings is 1. The fourth-order valence-corrected chi connectivity index (χ4v) is 4.42. The Bertz CT molecular complexity index is 1180. The molecular formula is C24H17BrN2O. The van der Waals surface area contributed by atoms with E-state index in [9.17, 15) is 4.79 Å². The second-order valence-corrected chi connectivity index (χ2v) is 7.88. The molecule has 1 aliphatic heterocycles. The van der Waals surface area contributed by atoms with Crippen LogP contribution in [0.15, 0.2) is 89.5 Å². The molecule has 0 saturated heterocycles. The molecular weight excluding hydrogens is 412 g/mol. The van der Waals surface area contributed by atoms with Crippen LogP contribution in [0.3, 0.4) is 0 Å². The van der Waals surface area contributed by atoms with Gasteiger partial charge in [-0.3, -0.25) is 14.7 Å². The van der Waals surface area contributed by atoms with E-state index in [1.807, 2.05) is 65.6 Å². The van der Waals surface area contributed by atoms with Crippen molar-refractivity contribution in [3.05, 3.63) is 106 Å². The molecule has 0 bridgehead atoms. The van der Waals surface area contributed by atoms with Gasteiger partial charge in [-0.2, -0.15) is 0 Å². The summed E-state index contributed by atoms with van der Waals surface area (Å²) in [5.74, 6) is 0.0146. The zero-order valence-electron chi connectivity index (χ0n) is 15.0. The van der Waals surface area contributed by atoms with Crippen LogP contribution >= 0.6 is 15.9 Å². The predicted molar refractivity (Wildman–Crippen MR) is 116 cm³/mol. The quantitative estimate of drug-likeness (QED) is 0.395. The highest BCUT2D eigenvalue weighted by molar-refractivity contribution is 9.10. The van der Waals surface area contributed by atoms with Crippen molar-refractivity contribution < 1.29 is 4.79 Å². The number of carbonyl (C=O) groups excluding carboxylic acids is 1. The van der Waals surface area contributed by atoms with Crippen molar-refractivity contribution in [1.29, 1.82) is 0 Å². The maximum Gasteiger partial charge on any atom is 0.259 e. The highest BCUT2D eigenvalue weighted by Crippen LogP contribution is 2.39. The number of hydrogen-bond donors (Lipinski definition) is 0. The van der Waals surface area contributed by atoms with Crippen molar-refractivity contribution >= 4 is 38.4 Å². The molecule has 28 heavy (non-hydrogen) atoms. The number of nitrogens with zero attached hydrogens (tertiary/aromatic N) is 2. The molecule has 0 aliphatic carbocycles. The Morgan fingerprint density at radius 2 is 1.75 bits per heavy atom. The van der Waals surface area contributed by atoms with Crippen LogP contribution in [0, 0.1) is 0 Å². The van der Waals surface area contributed by atoms with Crippen LogP contribution in [0.5, 0.6) is 0 Å². The molecule has 1 unspecified atom stereocenters. The summed E-state index contributed by atoms with van der Waals surface area (Å²) in [6, 6.07) is 26.0. The van der Waals surface area contributed by atoms with Crippen LogP contribution in [0.2, 0.25) is 0 Å². The van der Waals surface area contributed by atoms with Gasteiger partial charge in [-0.05, 0) is 47.9 Å². The largest absolute Gasteiger partial charge is 0.298 e. The Morgan fingerprint density at radius 1 is 0.929 bits per heavy atom. The first kappa shape index (κ1) is 17.1. The van der Waals surface area contributed by atoms with E-state index in [0.29, 0.717) is 0 Å². The standard InChI is InChI=1S/C24H17BrN2O/c25-19-11-12-20-18(14-19)15-22(16-6-2-1-3-7-16)27(24(20)28)21-10-4-8-17-9-5-13-26-23(17)21/h1-14,22H,15H2. The Labute approximate surface area is 171 Å². The second kappa shape index (κ2) is 6.88. The molecule has 0 N–H and O–H groups in total. The Hall–Kier alpha value is -2.98. The summed E-state index contributed by atoms with van der Waals surface area (Å²) in [6.07, 6.45) is 2.54. The van der Waals surface area contributed by atoms with Gasteiger partial charge < -0.3 is 0 Å². The first-order chi connectivity index (χ1) is 13.7. The summed E-state index contributed by atoms with van der Waals surface area (Å²) in [5, 5.41) is 1.03. The smallest absolute Gasteiger partial charge is 0.259 e. The van der Waals surface area contributed by atoms with Crippen molar-refractivity contribution in [2.45, 2.75) is 12.5 Å². The molecule has 0 spiro atoms. The van der Waals surface area contributed by atoms with Gasteiger partial charge in [0.05, 0.1) is 17.2 Å². The molecule has 5 rings (SSSR count). The lowest BCUT2D eigenvalue weighted by atomic mass is 9.88. The first-order valence-corrected chi connectivity index (χ1v) is 10.0. The SMILES string of the molecule is O=C1c2ccc(Br)cc2CC(c2ccccc2)N1c1cccc2cccnc12. The molecule has 0 saturated carbocycles. The molecule has 1 aromatic heterocycles. The van der Waals surface area contributed by atoms with Crippen molar-refractivity contribution in [1.82, 2.24) is 4.98 Å². The molecule has 4 aromatic rings. The second-order valence-electron chi connectivity index (χ2n) is 6.96. The average Bonchev–Trinajstić information content (AvgIpc) is 2.74. The van der Waals surface area contributed by atoms with Crippen LogP contribution < -0.4 is 4.90 Å². The topological polar surface area (TPSA) is 33.2 Å². The van der Waals surface area contributed by atoms with Gasteiger partial charge in [0.15, 0.2) is 0 Å². The summed E-state index contributed by atoms with van der Waals surface area (Å²) < 4.78 is 0.992. The number of para-hydroxylation sites is 1. The molecule has 0 fully saturated rings. The van der Waals surface area contributed by atoms with Crippen LogP contribution in [0.25, 0.3) is 10.9 Å². The molecule has 136 valence electrons. The van der Waals surface area contributed by atoms with E-state index >= 15 is 0 Å². The lowest BCUT2D eigenvalue weighted by molar-refractivity contribution is 0.0967. The summed E-state index contributed by atoms with van der Waals surface area (Å²) in [7, 11) is 0. The van der Waals surface area contributed by atoms with Gasteiger partial charge in [0, 0.05) is 21.6 Å². The normalized spacial score (nSPS) is 16.2.